The Balaban J connectivity index is 1.72. The van der Waals surface area contributed by atoms with Crippen LogP contribution < -0.4 is 5.32 Å². The fraction of sp³-hybridized carbons (Fsp3) is 0.412. The van der Waals surface area contributed by atoms with Gasteiger partial charge in [-0.05, 0) is 38.3 Å². The van der Waals surface area contributed by atoms with Crippen molar-refractivity contribution in [2.45, 2.75) is 45.1 Å². The molecule has 1 N–H and O–H groups in total. The van der Waals surface area contributed by atoms with Gasteiger partial charge in [0, 0.05) is 28.5 Å². The lowest BCUT2D eigenvalue weighted by Crippen LogP contribution is -2.31. The molecule has 0 saturated heterocycles. The minimum atomic E-state index is -0.00662. The highest BCUT2D eigenvalue weighted by atomic mass is 32.1. The minimum Gasteiger partial charge on any atom is -0.350 e. The number of amides is 1. The Morgan fingerprint density at radius 3 is 2.71 bits per heavy atom. The highest BCUT2D eigenvalue weighted by molar-refractivity contribution is 7.10. The molecule has 1 aromatic heterocycles. The van der Waals surface area contributed by atoms with Crippen LogP contribution in [0.15, 0.2) is 29.6 Å². The van der Waals surface area contributed by atoms with Crippen molar-refractivity contribution in [3.63, 3.8) is 0 Å². The maximum Gasteiger partial charge on any atom is 0.251 e. The summed E-state index contributed by atoms with van der Waals surface area (Å²) in [6.45, 7) is 4.08. The van der Waals surface area contributed by atoms with Crippen LogP contribution in [0.3, 0.4) is 0 Å². The average Bonchev–Trinajstić information content (AvgIpc) is 3.24. The van der Waals surface area contributed by atoms with Crippen LogP contribution in [0.2, 0.25) is 0 Å². The second kappa shape index (κ2) is 5.98. The van der Waals surface area contributed by atoms with Crippen LogP contribution in [-0.4, -0.2) is 16.9 Å². The van der Waals surface area contributed by atoms with E-state index in [1.54, 1.807) is 11.3 Å². The molecule has 1 amide bonds. The summed E-state index contributed by atoms with van der Waals surface area (Å²) < 4.78 is 0. The van der Waals surface area contributed by atoms with Crippen molar-refractivity contribution in [3.05, 3.63) is 40.2 Å². The zero-order valence-corrected chi connectivity index (χ0v) is 13.2. The number of thiazole rings is 1. The van der Waals surface area contributed by atoms with Crippen molar-refractivity contribution >= 4 is 17.2 Å². The van der Waals surface area contributed by atoms with Gasteiger partial charge in [-0.1, -0.05) is 19.1 Å². The van der Waals surface area contributed by atoms with Crippen molar-refractivity contribution in [1.29, 1.82) is 0 Å². The fourth-order valence-corrected chi connectivity index (χ4v) is 3.14. The van der Waals surface area contributed by atoms with Gasteiger partial charge < -0.3 is 5.32 Å². The molecule has 4 heteroatoms. The minimum absolute atomic E-state index is 0.00662. The number of nitrogens with one attached hydrogen (secondary N) is 1. The van der Waals surface area contributed by atoms with Crippen molar-refractivity contribution in [2.24, 2.45) is 0 Å². The number of aromatic nitrogens is 1. The number of benzene rings is 1. The van der Waals surface area contributed by atoms with E-state index >= 15 is 0 Å². The highest BCUT2D eigenvalue weighted by Gasteiger charge is 2.26. The van der Waals surface area contributed by atoms with E-state index in [1.165, 1.54) is 17.8 Å². The monoisotopic (exact) mass is 300 g/mol. The number of hydrogen-bond acceptors (Lipinski definition) is 3. The van der Waals surface area contributed by atoms with Gasteiger partial charge in [-0.2, -0.15) is 0 Å². The molecule has 3 nitrogen and oxygen atoms in total. The normalized spacial score (nSPS) is 15.7. The number of carbonyl (C=O) groups excluding carboxylic acids is 1. The smallest absolute Gasteiger partial charge is 0.251 e. The van der Waals surface area contributed by atoms with Crippen LogP contribution in [0, 0.1) is 0 Å². The molecular weight excluding hydrogens is 280 g/mol. The topological polar surface area (TPSA) is 42.0 Å². The van der Waals surface area contributed by atoms with Gasteiger partial charge in [0.2, 0.25) is 0 Å². The van der Waals surface area contributed by atoms with Crippen molar-refractivity contribution in [1.82, 2.24) is 10.3 Å². The molecule has 0 spiro atoms. The lowest BCUT2D eigenvalue weighted by Gasteiger charge is -2.11. The molecular formula is C17H20N2OS. The third-order valence-corrected chi connectivity index (χ3v) is 4.89. The lowest BCUT2D eigenvalue weighted by atomic mass is 10.1. The SMILES string of the molecule is CCC(C)NC(=O)c1ccc(-c2csc(C3CC3)n2)cc1. The van der Waals surface area contributed by atoms with Crippen LogP contribution >= 0.6 is 11.3 Å². The average molecular weight is 300 g/mol. The van der Waals surface area contributed by atoms with Crippen LogP contribution in [0.4, 0.5) is 0 Å². The second-order valence-corrected chi connectivity index (χ2v) is 6.60. The zero-order chi connectivity index (χ0) is 14.8. The number of nitrogens with zero attached hydrogens (tertiary/aromatic N) is 1. The van der Waals surface area contributed by atoms with Gasteiger partial charge in [-0.3, -0.25) is 4.79 Å². The summed E-state index contributed by atoms with van der Waals surface area (Å²) in [5.41, 5.74) is 2.81. The first-order valence-electron chi connectivity index (χ1n) is 7.54. The molecule has 1 aliphatic rings. The van der Waals surface area contributed by atoms with Gasteiger partial charge in [0.15, 0.2) is 0 Å². The summed E-state index contributed by atoms with van der Waals surface area (Å²) in [7, 11) is 0. The molecule has 2 aromatic rings. The standard InChI is InChI=1S/C17H20N2OS/c1-3-11(2)18-16(20)13-6-4-12(5-7-13)15-10-21-17(19-15)14-8-9-14/h4-7,10-11,14H,3,8-9H2,1-2H3,(H,18,20). The first-order valence-corrected chi connectivity index (χ1v) is 8.42. The molecule has 21 heavy (non-hydrogen) atoms. The molecule has 1 atom stereocenters. The molecule has 1 fully saturated rings. The van der Waals surface area contributed by atoms with Crippen LogP contribution in [0.1, 0.15) is 54.4 Å². The number of hydrogen-bond donors (Lipinski definition) is 1. The molecule has 1 heterocycles. The highest BCUT2D eigenvalue weighted by Crippen LogP contribution is 2.42. The predicted molar refractivity (Wildman–Crippen MR) is 86.7 cm³/mol. The maximum atomic E-state index is 12.0. The lowest BCUT2D eigenvalue weighted by molar-refractivity contribution is 0.0939. The van der Waals surface area contributed by atoms with E-state index in [-0.39, 0.29) is 11.9 Å². The van der Waals surface area contributed by atoms with Gasteiger partial charge in [0.1, 0.15) is 0 Å². The molecule has 1 saturated carbocycles. The molecule has 0 aliphatic heterocycles. The first kappa shape index (κ1) is 14.3. The van der Waals surface area contributed by atoms with Gasteiger partial charge in [-0.15, -0.1) is 11.3 Å². The van der Waals surface area contributed by atoms with Crippen molar-refractivity contribution < 1.29 is 4.79 Å². The Labute approximate surface area is 129 Å². The Morgan fingerprint density at radius 2 is 2.10 bits per heavy atom. The van der Waals surface area contributed by atoms with Crippen LogP contribution in [-0.2, 0) is 0 Å². The summed E-state index contributed by atoms with van der Waals surface area (Å²) in [5, 5.41) is 6.35. The molecule has 0 radical (unpaired) electrons. The fourth-order valence-electron chi connectivity index (χ4n) is 2.14. The summed E-state index contributed by atoms with van der Waals surface area (Å²) in [4.78, 5) is 16.7. The van der Waals surface area contributed by atoms with Crippen LogP contribution in [0.25, 0.3) is 11.3 Å². The number of rotatable bonds is 5. The number of carbonyl (C=O) groups is 1. The van der Waals surface area contributed by atoms with Crippen molar-refractivity contribution in [2.75, 3.05) is 0 Å². The summed E-state index contributed by atoms with van der Waals surface area (Å²) >= 11 is 1.75. The van der Waals surface area contributed by atoms with E-state index < -0.39 is 0 Å². The van der Waals surface area contributed by atoms with Gasteiger partial charge in [0.25, 0.3) is 5.91 Å². The van der Waals surface area contributed by atoms with Crippen molar-refractivity contribution in [3.8, 4) is 11.3 Å². The van der Waals surface area contributed by atoms with Gasteiger partial charge in [0.05, 0.1) is 10.7 Å². The second-order valence-electron chi connectivity index (χ2n) is 5.71. The van der Waals surface area contributed by atoms with Gasteiger partial charge >= 0.3 is 0 Å². The Hall–Kier alpha value is -1.68. The van der Waals surface area contributed by atoms with E-state index in [2.05, 4.69) is 17.6 Å². The Morgan fingerprint density at radius 1 is 1.38 bits per heavy atom. The molecule has 1 aromatic carbocycles. The van der Waals surface area contributed by atoms with E-state index in [0.717, 1.165) is 17.7 Å². The molecule has 1 unspecified atom stereocenters. The van der Waals surface area contributed by atoms with Crippen LogP contribution in [0.5, 0.6) is 0 Å². The largest absolute Gasteiger partial charge is 0.350 e. The van der Waals surface area contributed by atoms with E-state index in [0.29, 0.717) is 11.5 Å². The van der Waals surface area contributed by atoms with Gasteiger partial charge in [-0.25, -0.2) is 4.98 Å². The molecule has 3 rings (SSSR count). The third kappa shape index (κ3) is 3.32. The first-order chi connectivity index (χ1) is 10.2. The quantitative estimate of drug-likeness (QED) is 0.898. The zero-order valence-electron chi connectivity index (χ0n) is 12.4. The van der Waals surface area contributed by atoms with E-state index in [1.807, 2.05) is 31.2 Å². The Bertz CT molecular complexity index is 628. The summed E-state index contributed by atoms with van der Waals surface area (Å²) in [6.07, 6.45) is 3.50. The summed E-state index contributed by atoms with van der Waals surface area (Å²) in [6, 6.07) is 7.93. The van der Waals surface area contributed by atoms with E-state index in [4.69, 9.17) is 4.98 Å². The van der Waals surface area contributed by atoms with E-state index in [9.17, 15) is 4.79 Å². The summed E-state index contributed by atoms with van der Waals surface area (Å²) in [5.74, 6) is 0.692. The Kier molecular flexibility index (Phi) is 4.06. The predicted octanol–water partition coefficient (Wildman–Crippen LogP) is 4.22. The molecule has 0 bridgehead atoms. The maximum absolute atomic E-state index is 12.0. The molecule has 110 valence electrons. The third-order valence-electron chi connectivity index (χ3n) is 3.88. The molecule has 1 aliphatic carbocycles.